The topological polar surface area (TPSA) is 79.2 Å². The Balaban J connectivity index is 1.76. The lowest BCUT2D eigenvalue weighted by Crippen LogP contribution is -2.49. The monoisotopic (exact) mass is 384 g/mol. The molecule has 0 unspecified atom stereocenters. The number of nitro benzene ring substituents is 1. The standard InChI is InChI=1S/C20H24N4O4/c1-21(2)19-8-7-16(24(26)27)14-18(19)20(25)23-11-9-22(10-12-23)15-5-4-6-17(13-15)28-3/h4-8,13-14H,9-12H2,1-3H3. The van der Waals surface area contributed by atoms with Crippen molar-refractivity contribution in [1.29, 1.82) is 0 Å². The molecule has 0 atom stereocenters. The molecule has 1 aliphatic rings. The van der Waals surface area contributed by atoms with Crippen LogP contribution in [-0.4, -0.2) is 63.1 Å². The first kappa shape index (κ1) is 19.5. The normalized spacial score (nSPS) is 14.0. The number of nitro groups is 1. The molecule has 1 fully saturated rings. The summed E-state index contributed by atoms with van der Waals surface area (Å²) in [5, 5.41) is 11.1. The predicted octanol–water partition coefficient (Wildman–Crippen LogP) is 2.63. The second-order valence-corrected chi connectivity index (χ2v) is 6.83. The Morgan fingerprint density at radius 3 is 2.43 bits per heavy atom. The van der Waals surface area contributed by atoms with Crippen molar-refractivity contribution in [3.8, 4) is 5.75 Å². The molecule has 0 saturated carbocycles. The molecule has 8 heteroatoms. The molecule has 1 saturated heterocycles. The maximum atomic E-state index is 13.1. The number of ether oxygens (including phenoxy) is 1. The van der Waals surface area contributed by atoms with E-state index in [9.17, 15) is 14.9 Å². The molecule has 148 valence electrons. The lowest BCUT2D eigenvalue weighted by molar-refractivity contribution is -0.384. The second-order valence-electron chi connectivity index (χ2n) is 6.83. The van der Waals surface area contributed by atoms with Crippen LogP contribution in [0.5, 0.6) is 5.75 Å². The summed E-state index contributed by atoms with van der Waals surface area (Å²) in [6, 6.07) is 12.2. The molecule has 1 heterocycles. The summed E-state index contributed by atoms with van der Waals surface area (Å²) in [4.78, 5) is 29.5. The van der Waals surface area contributed by atoms with Crippen LogP contribution in [-0.2, 0) is 0 Å². The summed E-state index contributed by atoms with van der Waals surface area (Å²) in [5.74, 6) is 0.612. The van der Waals surface area contributed by atoms with Crippen molar-refractivity contribution in [3.05, 3.63) is 58.1 Å². The number of non-ortho nitro benzene ring substituents is 1. The van der Waals surface area contributed by atoms with Crippen LogP contribution in [0, 0.1) is 10.1 Å². The zero-order valence-corrected chi connectivity index (χ0v) is 16.3. The number of piperazine rings is 1. The molecule has 0 aromatic heterocycles. The third-order valence-corrected chi connectivity index (χ3v) is 4.89. The van der Waals surface area contributed by atoms with Gasteiger partial charge in [-0.3, -0.25) is 14.9 Å². The minimum Gasteiger partial charge on any atom is -0.497 e. The Kier molecular flexibility index (Phi) is 5.67. The summed E-state index contributed by atoms with van der Waals surface area (Å²) in [7, 11) is 5.27. The van der Waals surface area contributed by atoms with Crippen LogP contribution in [0.3, 0.4) is 0 Å². The van der Waals surface area contributed by atoms with E-state index in [0.29, 0.717) is 37.4 Å². The molecule has 0 bridgehead atoms. The molecule has 2 aromatic carbocycles. The van der Waals surface area contributed by atoms with Crippen molar-refractivity contribution in [3.63, 3.8) is 0 Å². The van der Waals surface area contributed by atoms with E-state index in [1.807, 2.05) is 38.4 Å². The predicted molar refractivity (Wildman–Crippen MR) is 109 cm³/mol. The molecule has 1 amide bonds. The number of hydrogen-bond donors (Lipinski definition) is 0. The number of anilines is 2. The van der Waals surface area contributed by atoms with E-state index in [2.05, 4.69) is 4.90 Å². The van der Waals surface area contributed by atoms with Crippen LogP contribution in [0.2, 0.25) is 0 Å². The zero-order chi connectivity index (χ0) is 20.3. The third-order valence-electron chi connectivity index (χ3n) is 4.89. The number of carbonyl (C=O) groups excluding carboxylic acids is 1. The van der Waals surface area contributed by atoms with E-state index in [0.717, 1.165) is 11.4 Å². The van der Waals surface area contributed by atoms with Gasteiger partial charge in [0.05, 0.1) is 17.6 Å². The first-order valence-electron chi connectivity index (χ1n) is 9.04. The van der Waals surface area contributed by atoms with Crippen molar-refractivity contribution in [1.82, 2.24) is 4.90 Å². The summed E-state index contributed by atoms with van der Waals surface area (Å²) < 4.78 is 5.28. The van der Waals surface area contributed by atoms with Crippen LogP contribution in [0.25, 0.3) is 0 Å². The van der Waals surface area contributed by atoms with Crippen LogP contribution < -0.4 is 14.5 Å². The minimum atomic E-state index is -0.475. The van der Waals surface area contributed by atoms with Crippen molar-refractivity contribution in [2.45, 2.75) is 0 Å². The van der Waals surface area contributed by atoms with Crippen molar-refractivity contribution in [2.24, 2.45) is 0 Å². The van der Waals surface area contributed by atoms with E-state index in [1.54, 1.807) is 23.0 Å². The quantitative estimate of drug-likeness (QED) is 0.582. The van der Waals surface area contributed by atoms with Crippen LogP contribution in [0.1, 0.15) is 10.4 Å². The number of amides is 1. The number of hydrogen-bond acceptors (Lipinski definition) is 6. The highest BCUT2D eigenvalue weighted by molar-refractivity contribution is 6.00. The van der Waals surface area contributed by atoms with Gasteiger partial charge < -0.3 is 19.4 Å². The van der Waals surface area contributed by atoms with Gasteiger partial charge in [-0.25, -0.2) is 0 Å². The number of methoxy groups -OCH3 is 1. The highest BCUT2D eigenvalue weighted by Crippen LogP contribution is 2.27. The number of benzene rings is 2. The fraction of sp³-hybridized carbons (Fsp3) is 0.350. The fourth-order valence-corrected chi connectivity index (χ4v) is 3.34. The summed E-state index contributed by atoms with van der Waals surface area (Å²) in [6.07, 6.45) is 0. The van der Waals surface area contributed by atoms with Crippen molar-refractivity contribution in [2.75, 3.05) is 57.2 Å². The Bertz CT molecular complexity index is 876. The Hall–Kier alpha value is -3.29. The molecule has 28 heavy (non-hydrogen) atoms. The third kappa shape index (κ3) is 4.00. The maximum Gasteiger partial charge on any atom is 0.270 e. The molecule has 2 aromatic rings. The number of rotatable bonds is 5. The molecule has 0 aliphatic carbocycles. The van der Waals surface area contributed by atoms with Gasteiger partial charge in [0.1, 0.15) is 5.75 Å². The van der Waals surface area contributed by atoms with Gasteiger partial charge in [0.25, 0.3) is 11.6 Å². The van der Waals surface area contributed by atoms with E-state index >= 15 is 0 Å². The summed E-state index contributed by atoms with van der Waals surface area (Å²) in [6.45, 7) is 2.47. The van der Waals surface area contributed by atoms with E-state index in [1.165, 1.54) is 12.1 Å². The average Bonchev–Trinajstić information content (AvgIpc) is 2.72. The van der Waals surface area contributed by atoms with Crippen LogP contribution in [0.4, 0.5) is 17.1 Å². The van der Waals surface area contributed by atoms with Gasteiger partial charge in [0.15, 0.2) is 0 Å². The second kappa shape index (κ2) is 8.16. The van der Waals surface area contributed by atoms with E-state index < -0.39 is 4.92 Å². The van der Waals surface area contributed by atoms with Gasteiger partial charge in [0.2, 0.25) is 0 Å². The largest absolute Gasteiger partial charge is 0.497 e. The Labute approximate surface area is 164 Å². The molecule has 0 radical (unpaired) electrons. The average molecular weight is 384 g/mol. The molecule has 0 N–H and O–H groups in total. The number of nitrogens with zero attached hydrogens (tertiary/aromatic N) is 4. The van der Waals surface area contributed by atoms with Gasteiger partial charge in [-0.05, 0) is 18.2 Å². The maximum absolute atomic E-state index is 13.1. The molecule has 3 rings (SSSR count). The summed E-state index contributed by atoms with van der Waals surface area (Å²) in [5.41, 5.74) is 2.00. The first-order valence-corrected chi connectivity index (χ1v) is 9.04. The van der Waals surface area contributed by atoms with Gasteiger partial charge in [-0.1, -0.05) is 6.07 Å². The van der Waals surface area contributed by atoms with E-state index in [-0.39, 0.29) is 11.6 Å². The minimum absolute atomic E-state index is 0.0797. The van der Waals surface area contributed by atoms with Crippen molar-refractivity contribution < 1.29 is 14.5 Å². The SMILES string of the molecule is COc1cccc(N2CCN(C(=O)c3cc([N+](=O)[O-])ccc3N(C)C)CC2)c1. The van der Waals surface area contributed by atoms with Gasteiger partial charge in [-0.2, -0.15) is 0 Å². The molecular weight excluding hydrogens is 360 g/mol. The molecule has 8 nitrogen and oxygen atoms in total. The van der Waals surface area contributed by atoms with Gasteiger partial charge in [-0.15, -0.1) is 0 Å². The number of carbonyl (C=O) groups is 1. The Morgan fingerprint density at radius 2 is 1.82 bits per heavy atom. The zero-order valence-electron chi connectivity index (χ0n) is 16.3. The highest BCUT2D eigenvalue weighted by atomic mass is 16.6. The molecule has 0 spiro atoms. The highest BCUT2D eigenvalue weighted by Gasteiger charge is 2.26. The molecular formula is C20H24N4O4. The molecule has 1 aliphatic heterocycles. The van der Waals surface area contributed by atoms with E-state index in [4.69, 9.17) is 4.74 Å². The fourth-order valence-electron chi connectivity index (χ4n) is 3.34. The lowest BCUT2D eigenvalue weighted by atomic mass is 10.1. The van der Waals surface area contributed by atoms with Crippen LogP contribution >= 0.6 is 0 Å². The lowest BCUT2D eigenvalue weighted by Gasteiger charge is -2.36. The summed E-state index contributed by atoms with van der Waals surface area (Å²) >= 11 is 0. The van der Waals surface area contributed by atoms with Gasteiger partial charge >= 0.3 is 0 Å². The van der Waals surface area contributed by atoms with Crippen molar-refractivity contribution >= 4 is 23.0 Å². The smallest absolute Gasteiger partial charge is 0.270 e. The van der Waals surface area contributed by atoms with Crippen LogP contribution in [0.15, 0.2) is 42.5 Å². The Morgan fingerprint density at radius 1 is 1.11 bits per heavy atom. The first-order chi connectivity index (χ1) is 13.4. The van der Waals surface area contributed by atoms with Gasteiger partial charge in [0, 0.05) is 69.8 Å².